The largest absolute Gasteiger partial charge is 0.454 e. The minimum absolute atomic E-state index is 0.0834. The number of nitrogens with one attached hydrogen (secondary N) is 2. The van der Waals surface area contributed by atoms with Crippen LogP contribution in [0.4, 0.5) is 5.69 Å². The molecule has 1 amide bonds. The second-order valence-electron chi connectivity index (χ2n) is 6.70. The van der Waals surface area contributed by atoms with Crippen molar-refractivity contribution in [3.05, 3.63) is 90.0 Å². The van der Waals surface area contributed by atoms with Crippen LogP contribution in [0.1, 0.15) is 24.1 Å². The average Bonchev–Trinajstić information content (AvgIpc) is 3.21. The average molecular weight is 374 g/mol. The second kappa shape index (κ2) is 8.15. The molecule has 142 valence electrons. The van der Waals surface area contributed by atoms with Crippen LogP contribution in [-0.2, 0) is 4.79 Å². The molecule has 0 radical (unpaired) electrons. The van der Waals surface area contributed by atoms with Gasteiger partial charge in [0.2, 0.25) is 12.7 Å². The molecule has 5 nitrogen and oxygen atoms in total. The summed E-state index contributed by atoms with van der Waals surface area (Å²) < 4.78 is 10.7. The molecule has 2 N–H and O–H groups in total. The maximum Gasteiger partial charge on any atom is 0.241 e. The van der Waals surface area contributed by atoms with Crippen LogP contribution in [0, 0.1) is 0 Å². The van der Waals surface area contributed by atoms with Gasteiger partial charge in [0.25, 0.3) is 0 Å². The maximum atomic E-state index is 12.8. The summed E-state index contributed by atoms with van der Waals surface area (Å²) in [7, 11) is 0. The maximum absolute atomic E-state index is 12.8. The van der Waals surface area contributed by atoms with Gasteiger partial charge >= 0.3 is 0 Å². The summed E-state index contributed by atoms with van der Waals surface area (Å²) >= 11 is 0. The molecule has 3 aromatic carbocycles. The number of fused-ring (bicyclic) bond motifs is 1. The molecule has 0 saturated carbocycles. The van der Waals surface area contributed by atoms with Crippen molar-refractivity contribution in [2.24, 2.45) is 0 Å². The van der Waals surface area contributed by atoms with E-state index >= 15 is 0 Å². The molecule has 5 heteroatoms. The van der Waals surface area contributed by atoms with Gasteiger partial charge in [0.1, 0.15) is 0 Å². The molecule has 1 heterocycles. The van der Waals surface area contributed by atoms with E-state index in [9.17, 15) is 4.79 Å². The van der Waals surface area contributed by atoms with Crippen molar-refractivity contribution in [3.8, 4) is 11.5 Å². The first-order valence-corrected chi connectivity index (χ1v) is 9.27. The van der Waals surface area contributed by atoms with E-state index in [-0.39, 0.29) is 18.7 Å². The Morgan fingerprint density at radius 3 is 2.11 bits per heavy atom. The third-order valence-electron chi connectivity index (χ3n) is 4.72. The lowest BCUT2D eigenvalue weighted by Crippen LogP contribution is -2.40. The Kier molecular flexibility index (Phi) is 5.26. The number of amides is 1. The Morgan fingerprint density at radius 1 is 0.857 bits per heavy atom. The highest BCUT2D eigenvalue weighted by Crippen LogP contribution is 2.34. The first-order valence-electron chi connectivity index (χ1n) is 9.27. The van der Waals surface area contributed by atoms with Gasteiger partial charge in [-0.1, -0.05) is 60.7 Å². The molecule has 0 aliphatic carbocycles. The number of benzene rings is 3. The Labute approximate surface area is 164 Å². The van der Waals surface area contributed by atoms with Crippen LogP contribution in [0.3, 0.4) is 0 Å². The predicted octanol–water partition coefficient (Wildman–Crippen LogP) is 4.12. The molecule has 1 aliphatic rings. The third-order valence-corrected chi connectivity index (χ3v) is 4.72. The van der Waals surface area contributed by atoms with Crippen molar-refractivity contribution in [1.82, 2.24) is 5.32 Å². The number of rotatable bonds is 6. The number of ether oxygens (including phenoxy) is 2. The lowest BCUT2D eigenvalue weighted by molar-refractivity contribution is -0.117. The van der Waals surface area contributed by atoms with Gasteiger partial charge in [-0.05, 0) is 30.2 Å². The summed E-state index contributed by atoms with van der Waals surface area (Å²) in [4.78, 5) is 12.8. The number of hydrogen-bond donors (Lipinski definition) is 2. The van der Waals surface area contributed by atoms with Crippen LogP contribution >= 0.6 is 0 Å². The van der Waals surface area contributed by atoms with Crippen molar-refractivity contribution >= 4 is 11.6 Å². The minimum atomic E-state index is -0.407. The van der Waals surface area contributed by atoms with E-state index in [4.69, 9.17) is 9.47 Å². The topological polar surface area (TPSA) is 59.6 Å². The van der Waals surface area contributed by atoms with E-state index < -0.39 is 6.04 Å². The van der Waals surface area contributed by atoms with Crippen molar-refractivity contribution in [3.63, 3.8) is 0 Å². The van der Waals surface area contributed by atoms with Gasteiger partial charge in [-0.2, -0.15) is 0 Å². The van der Waals surface area contributed by atoms with Gasteiger partial charge in [-0.15, -0.1) is 0 Å². The van der Waals surface area contributed by atoms with Crippen LogP contribution in [0.2, 0.25) is 0 Å². The summed E-state index contributed by atoms with van der Waals surface area (Å²) in [6, 6.07) is 25.1. The fourth-order valence-electron chi connectivity index (χ4n) is 3.23. The van der Waals surface area contributed by atoms with Gasteiger partial charge in [0, 0.05) is 11.8 Å². The van der Waals surface area contributed by atoms with E-state index in [1.54, 1.807) is 12.1 Å². The van der Waals surface area contributed by atoms with E-state index in [0.29, 0.717) is 17.2 Å². The summed E-state index contributed by atoms with van der Waals surface area (Å²) in [5, 5.41) is 6.40. The first-order chi connectivity index (χ1) is 13.7. The molecule has 0 fully saturated rings. The first kappa shape index (κ1) is 18.1. The van der Waals surface area contributed by atoms with Gasteiger partial charge < -0.3 is 14.8 Å². The highest BCUT2D eigenvalue weighted by molar-refractivity contribution is 5.95. The van der Waals surface area contributed by atoms with Crippen molar-refractivity contribution in [2.45, 2.75) is 19.0 Å². The molecule has 1 atom stereocenters. The lowest BCUT2D eigenvalue weighted by Gasteiger charge is -2.24. The van der Waals surface area contributed by atoms with Crippen LogP contribution in [0.5, 0.6) is 11.5 Å². The van der Waals surface area contributed by atoms with Crippen molar-refractivity contribution in [2.75, 3.05) is 12.1 Å². The molecule has 3 aromatic rings. The fourth-order valence-corrected chi connectivity index (χ4v) is 3.23. The number of carbonyl (C=O) groups excluding carboxylic acids is 1. The summed E-state index contributed by atoms with van der Waals surface area (Å²) in [6.07, 6.45) is 0. The summed E-state index contributed by atoms with van der Waals surface area (Å²) in [5.41, 5.74) is 2.90. The Hall–Kier alpha value is -3.31. The molecule has 0 aromatic heterocycles. The monoisotopic (exact) mass is 374 g/mol. The van der Waals surface area contributed by atoms with E-state index in [1.165, 1.54) is 0 Å². The Bertz CT molecular complexity index is 905. The molecule has 28 heavy (non-hydrogen) atoms. The van der Waals surface area contributed by atoms with Gasteiger partial charge in [-0.25, -0.2) is 0 Å². The minimum Gasteiger partial charge on any atom is -0.454 e. The van der Waals surface area contributed by atoms with Crippen LogP contribution in [0.15, 0.2) is 78.9 Å². The van der Waals surface area contributed by atoms with Gasteiger partial charge in [0.05, 0.1) is 12.1 Å². The van der Waals surface area contributed by atoms with Gasteiger partial charge in [-0.3, -0.25) is 10.1 Å². The SMILES string of the molecule is C[C@H](NC(c1ccccc1)c1ccccc1)C(=O)Nc1ccc2c(c1)OCO2. The summed E-state index contributed by atoms with van der Waals surface area (Å²) in [6.45, 7) is 2.07. The number of carbonyl (C=O) groups is 1. The van der Waals surface area contributed by atoms with E-state index in [0.717, 1.165) is 11.1 Å². The highest BCUT2D eigenvalue weighted by Gasteiger charge is 2.21. The second-order valence-corrected chi connectivity index (χ2v) is 6.70. The number of hydrogen-bond acceptors (Lipinski definition) is 4. The fraction of sp³-hybridized carbons (Fsp3) is 0.174. The molecule has 1 aliphatic heterocycles. The standard InChI is InChI=1S/C23H22N2O3/c1-16(23(26)25-19-12-13-20-21(14-19)28-15-27-20)24-22(17-8-4-2-5-9-17)18-10-6-3-7-11-18/h2-14,16,22,24H,15H2,1H3,(H,25,26)/t16-/m0/s1. The van der Waals surface area contributed by atoms with Crippen LogP contribution < -0.4 is 20.1 Å². The smallest absolute Gasteiger partial charge is 0.241 e. The zero-order valence-corrected chi connectivity index (χ0v) is 15.6. The highest BCUT2D eigenvalue weighted by atomic mass is 16.7. The quantitative estimate of drug-likeness (QED) is 0.681. The lowest BCUT2D eigenvalue weighted by atomic mass is 9.98. The van der Waals surface area contributed by atoms with Crippen molar-refractivity contribution < 1.29 is 14.3 Å². The molecule has 0 saturated heterocycles. The summed E-state index contributed by atoms with van der Waals surface area (Å²) in [5.74, 6) is 1.22. The van der Waals surface area contributed by atoms with E-state index in [1.807, 2.05) is 49.4 Å². The molecule has 0 unspecified atom stereocenters. The predicted molar refractivity (Wildman–Crippen MR) is 109 cm³/mol. The Balaban J connectivity index is 1.49. The van der Waals surface area contributed by atoms with Gasteiger partial charge in [0.15, 0.2) is 11.5 Å². The normalized spacial score (nSPS) is 13.4. The molecule has 4 rings (SSSR count). The molecular weight excluding hydrogens is 352 g/mol. The van der Waals surface area contributed by atoms with Crippen LogP contribution in [-0.4, -0.2) is 18.7 Å². The number of anilines is 1. The third kappa shape index (κ3) is 4.00. The molecular formula is C23H22N2O3. The van der Waals surface area contributed by atoms with Crippen molar-refractivity contribution in [1.29, 1.82) is 0 Å². The van der Waals surface area contributed by atoms with E-state index in [2.05, 4.69) is 34.9 Å². The van der Waals surface area contributed by atoms with Crippen LogP contribution in [0.25, 0.3) is 0 Å². The molecule has 0 spiro atoms. The molecule has 0 bridgehead atoms. The zero-order chi connectivity index (χ0) is 19.3. The Morgan fingerprint density at radius 2 is 1.46 bits per heavy atom. The zero-order valence-electron chi connectivity index (χ0n) is 15.6.